The zero-order valence-corrected chi connectivity index (χ0v) is 19.7. The molecule has 0 radical (unpaired) electrons. The van der Waals surface area contributed by atoms with E-state index >= 15 is 0 Å². The molecule has 33 heavy (non-hydrogen) atoms. The first kappa shape index (κ1) is 22.1. The monoisotopic (exact) mass is 452 g/mol. The van der Waals surface area contributed by atoms with Crippen molar-refractivity contribution >= 4 is 17.8 Å². The van der Waals surface area contributed by atoms with Crippen LogP contribution in [-0.2, 0) is 32.2 Å². The predicted octanol–water partition coefficient (Wildman–Crippen LogP) is 3.48. The van der Waals surface area contributed by atoms with E-state index in [0.29, 0.717) is 30.3 Å². The van der Waals surface area contributed by atoms with E-state index in [4.69, 9.17) is 9.47 Å². The highest BCUT2D eigenvalue weighted by atomic mass is 16.5. The van der Waals surface area contributed by atoms with Crippen molar-refractivity contribution in [1.82, 2.24) is 9.80 Å². The zero-order chi connectivity index (χ0) is 23.3. The molecule has 0 atom stereocenters. The number of fused-ring (bicyclic) bond motifs is 1. The lowest BCUT2D eigenvalue weighted by molar-refractivity contribution is -0.138. The molecule has 1 saturated carbocycles. The minimum atomic E-state index is -0.307. The van der Waals surface area contributed by atoms with E-state index in [1.54, 1.807) is 6.92 Å². The van der Waals surface area contributed by atoms with Crippen LogP contribution in [0.2, 0.25) is 0 Å². The number of nitrogens with zero attached hydrogens (tertiary/aromatic N) is 2. The van der Waals surface area contributed by atoms with Crippen LogP contribution in [0.1, 0.15) is 73.0 Å². The van der Waals surface area contributed by atoms with E-state index in [2.05, 4.69) is 24.8 Å². The number of carbonyl (C=O) groups is 3. The van der Waals surface area contributed by atoms with Crippen LogP contribution in [0.3, 0.4) is 0 Å². The SMILES string of the molecule is CCN(Cc1ccc2c(c1C)COC2=O)C1CCC2(CC1)CCN(C1=C(C)C(=O)OC1)C2=O. The van der Waals surface area contributed by atoms with Gasteiger partial charge in [0.2, 0.25) is 5.91 Å². The lowest BCUT2D eigenvalue weighted by Gasteiger charge is -2.40. The molecule has 7 nitrogen and oxygen atoms in total. The number of benzene rings is 1. The van der Waals surface area contributed by atoms with Crippen molar-refractivity contribution in [2.75, 3.05) is 19.7 Å². The van der Waals surface area contributed by atoms with Gasteiger partial charge in [0.1, 0.15) is 13.2 Å². The molecule has 5 rings (SSSR count). The molecule has 0 unspecified atom stereocenters. The van der Waals surface area contributed by atoms with Gasteiger partial charge in [0.25, 0.3) is 0 Å². The Bertz CT molecular complexity index is 1050. The fourth-order valence-corrected chi connectivity index (χ4v) is 6.10. The molecule has 3 heterocycles. The van der Waals surface area contributed by atoms with Gasteiger partial charge in [-0.3, -0.25) is 9.69 Å². The van der Waals surface area contributed by atoms with Crippen LogP contribution in [0.4, 0.5) is 0 Å². The lowest BCUT2D eigenvalue weighted by atomic mass is 9.71. The number of carbonyl (C=O) groups excluding carboxylic acids is 3. The number of amides is 1. The molecule has 176 valence electrons. The van der Waals surface area contributed by atoms with Gasteiger partial charge in [-0.25, -0.2) is 9.59 Å². The van der Waals surface area contributed by atoms with Crippen LogP contribution >= 0.6 is 0 Å². The fourth-order valence-electron chi connectivity index (χ4n) is 6.10. The third-order valence-corrected chi connectivity index (χ3v) is 8.40. The topological polar surface area (TPSA) is 76.2 Å². The smallest absolute Gasteiger partial charge is 0.338 e. The van der Waals surface area contributed by atoms with Crippen molar-refractivity contribution in [2.45, 2.75) is 72.1 Å². The summed E-state index contributed by atoms with van der Waals surface area (Å²) in [5.41, 5.74) is 5.15. The Hall–Kier alpha value is -2.67. The molecule has 2 fully saturated rings. The highest BCUT2D eigenvalue weighted by Gasteiger charge is 2.50. The Kier molecular flexibility index (Phi) is 5.55. The average Bonchev–Trinajstić information content (AvgIpc) is 3.46. The molecule has 0 N–H and O–H groups in total. The number of cyclic esters (lactones) is 2. The van der Waals surface area contributed by atoms with Crippen molar-refractivity contribution in [1.29, 1.82) is 0 Å². The van der Waals surface area contributed by atoms with Gasteiger partial charge in [0, 0.05) is 24.7 Å². The first-order valence-corrected chi connectivity index (χ1v) is 12.1. The van der Waals surface area contributed by atoms with Gasteiger partial charge in [-0.15, -0.1) is 0 Å². The van der Waals surface area contributed by atoms with Gasteiger partial charge < -0.3 is 14.4 Å². The minimum Gasteiger partial charge on any atom is -0.457 e. The molecule has 1 saturated heterocycles. The second kappa shape index (κ2) is 8.28. The first-order valence-electron chi connectivity index (χ1n) is 12.1. The summed E-state index contributed by atoms with van der Waals surface area (Å²) in [4.78, 5) is 41.4. The van der Waals surface area contributed by atoms with Gasteiger partial charge in [0.15, 0.2) is 0 Å². The molecule has 1 amide bonds. The third kappa shape index (κ3) is 3.57. The van der Waals surface area contributed by atoms with Gasteiger partial charge in [-0.1, -0.05) is 13.0 Å². The fraction of sp³-hybridized carbons (Fsp3) is 0.577. The summed E-state index contributed by atoms with van der Waals surface area (Å²) in [6, 6.07) is 4.40. The molecule has 0 aromatic heterocycles. The number of likely N-dealkylation sites (tertiary alicyclic amines) is 1. The Morgan fingerprint density at radius 1 is 1.03 bits per heavy atom. The third-order valence-electron chi connectivity index (χ3n) is 8.40. The number of esters is 2. The minimum absolute atomic E-state index is 0.177. The Morgan fingerprint density at radius 2 is 1.76 bits per heavy atom. The van der Waals surface area contributed by atoms with Crippen LogP contribution in [0, 0.1) is 12.3 Å². The van der Waals surface area contributed by atoms with Crippen LogP contribution in [0.5, 0.6) is 0 Å². The molecule has 0 bridgehead atoms. The molecule has 4 aliphatic rings. The molecule has 7 heteroatoms. The van der Waals surface area contributed by atoms with E-state index in [9.17, 15) is 14.4 Å². The van der Waals surface area contributed by atoms with E-state index in [0.717, 1.165) is 62.0 Å². The lowest BCUT2D eigenvalue weighted by Crippen LogP contribution is -2.43. The van der Waals surface area contributed by atoms with Gasteiger partial charge in [-0.05, 0) is 69.7 Å². The van der Waals surface area contributed by atoms with Crippen LogP contribution in [0.15, 0.2) is 23.4 Å². The Balaban J connectivity index is 1.26. The predicted molar refractivity (Wildman–Crippen MR) is 121 cm³/mol. The summed E-state index contributed by atoms with van der Waals surface area (Å²) in [5.74, 6) is -0.353. The number of ether oxygens (including phenoxy) is 2. The maximum absolute atomic E-state index is 13.4. The van der Waals surface area contributed by atoms with Crippen LogP contribution in [0.25, 0.3) is 0 Å². The second-order valence-electron chi connectivity index (χ2n) is 9.88. The van der Waals surface area contributed by atoms with Crippen molar-refractivity contribution < 1.29 is 23.9 Å². The maximum Gasteiger partial charge on any atom is 0.338 e. The maximum atomic E-state index is 13.4. The highest BCUT2D eigenvalue weighted by Crippen LogP contribution is 2.47. The molecule has 1 spiro atoms. The van der Waals surface area contributed by atoms with Gasteiger partial charge in [0.05, 0.1) is 22.2 Å². The molecule has 3 aliphatic heterocycles. The summed E-state index contributed by atoms with van der Waals surface area (Å²) in [7, 11) is 0. The summed E-state index contributed by atoms with van der Waals surface area (Å²) < 4.78 is 10.3. The normalized spacial score (nSPS) is 27.1. The number of hydrogen-bond acceptors (Lipinski definition) is 6. The molecule has 1 aliphatic carbocycles. The molecular formula is C26H32N2O5. The van der Waals surface area contributed by atoms with E-state index < -0.39 is 0 Å². The number of rotatable bonds is 5. The zero-order valence-electron chi connectivity index (χ0n) is 19.7. The molecule has 1 aromatic rings. The van der Waals surface area contributed by atoms with Crippen LogP contribution in [-0.4, -0.2) is 53.4 Å². The summed E-state index contributed by atoms with van der Waals surface area (Å²) >= 11 is 0. The van der Waals surface area contributed by atoms with Crippen LogP contribution < -0.4 is 0 Å². The Morgan fingerprint density at radius 3 is 2.42 bits per heavy atom. The highest BCUT2D eigenvalue weighted by molar-refractivity contribution is 5.94. The van der Waals surface area contributed by atoms with Crippen molar-refractivity contribution in [3.05, 3.63) is 45.7 Å². The Labute approximate surface area is 194 Å². The van der Waals surface area contributed by atoms with Crippen molar-refractivity contribution in [3.63, 3.8) is 0 Å². The summed E-state index contributed by atoms with van der Waals surface area (Å²) in [6.45, 7) is 9.07. The van der Waals surface area contributed by atoms with Gasteiger partial charge >= 0.3 is 11.9 Å². The summed E-state index contributed by atoms with van der Waals surface area (Å²) in [6.07, 6.45) is 4.61. The second-order valence-corrected chi connectivity index (χ2v) is 9.88. The van der Waals surface area contributed by atoms with Crippen molar-refractivity contribution in [3.8, 4) is 0 Å². The van der Waals surface area contributed by atoms with E-state index in [-0.39, 0.29) is 29.9 Å². The molecular weight excluding hydrogens is 420 g/mol. The first-order chi connectivity index (χ1) is 15.8. The van der Waals surface area contributed by atoms with Crippen molar-refractivity contribution in [2.24, 2.45) is 5.41 Å². The van der Waals surface area contributed by atoms with Gasteiger partial charge in [-0.2, -0.15) is 0 Å². The largest absolute Gasteiger partial charge is 0.457 e. The molecule has 1 aromatic carbocycles. The van der Waals surface area contributed by atoms with E-state index in [1.807, 2.05) is 11.0 Å². The van der Waals surface area contributed by atoms with E-state index in [1.165, 1.54) is 5.56 Å². The average molecular weight is 453 g/mol. The summed E-state index contributed by atoms with van der Waals surface area (Å²) in [5, 5.41) is 0. The quantitative estimate of drug-likeness (QED) is 0.637. The number of hydrogen-bond donors (Lipinski definition) is 0. The standard InChI is InChI=1S/C26H32N2O5/c1-4-27(13-18-5-6-20-21(16(18)2)14-32-24(20)30)19-7-9-26(10-8-19)11-12-28(25(26)31)22-15-33-23(29)17(22)3/h5-6,19H,4,7-15H2,1-3H3.